The van der Waals surface area contributed by atoms with Gasteiger partial charge < -0.3 is 14.2 Å². The topological polar surface area (TPSA) is 27.7 Å². The lowest BCUT2D eigenvalue weighted by molar-refractivity contribution is -0.276. The lowest BCUT2D eigenvalue weighted by atomic mass is 9.88. The summed E-state index contributed by atoms with van der Waals surface area (Å²) >= 11 is 0. The van der Waals surface area contributed by atoms with Crippen LogP contribution in [0.5, 0.6) is 17.2 Å². The predicted octanol–water partition coefficient (Wildman–Crippen LogP) is 8.93. The highest BCUT2D eigenvalue weighted by Crippen LogP contribution is 2.45. The summed E-state index contributed by atoms with van der Waals surface area (Å²) in [5, 5.41) is 0. The quantitative estimate of drug-likeness (QED) is 0.204. The van der Waals surface area contributed by atoms with Crippen molar-refractivity contribution in [1.29, 1.82) is 0 Å². The van der Waals surface area contributed by atoms with Crippen LogP contribution in [-0.4, -0.2) is 18.3 Å². The summed E-state index contributed by atoms with van der Waals surface area (Å²) in [6.07, 6.45) is -6.48. The van der Waals surface area contributed by atoms with Crippen molar-refractivity contribution in [3.8, 4) is 17.2 Å². The van der Waals surface area contributed by atoms with E-state index < -0.39 is 35.0 Å². The van der Waals surface area contributed by atoms with Gasteiger partial charge in [-0.2, -0.15) is 0 Å². The van der Waals surface area contributed by atoms with Crippen molar-refractivity contribution in [2.75, 3.05) is 0 Å². The molecule has 4 rings (SSSR count). The number of hydrogen-bond donors (Lipinski definition) is 0. The van der Waals surface area contributed by atoms with Crippen molar-refractivity contribution >= 4 is 10.9 Å². The fraction of sp³-hybridized carbons (Fsp3) is 0.357. The molecule has 10 heteroatoms. The Kier molecular flexibility index (Phi) is 8.11. The van der Waals surface area contributed by atoms with Gasteiger partial charge in [0.25, 0.3) is 0 Å². The zero-order valence-electron chi connectivity index (χ0n) is 20.7. The molecule has 1 saturated carbocycles. The number of alkyl halides is 6. The molecular formula is C28H27F6O3S+. The van der Waals surface area contributed by atoms with E-state index in [1.54, 1.807) is 6.07 Å². The van der Waals surface area contributed by atoms with E-state index in [9.17, 15) is 26.3 Å². The molecular weight excluding hydrogens is 530 g/mol. The van der Waals surface area contributed by atoms with E-state index >= 15 is 0 Å². The van der Waals surface area contributed by atoms with Crippen molar-refractivity contribution in [1.82, 2.24) is 0 Å². The maximum atomic E-state index is 13.3. The first-order valence-electron chi connectivity index (χ1n) is 12.1. The van der Waals surface area contributed by atoms with E-state index in [4.69, 9.17) is 4.74 Å². The summed E-state index contributed by atoms with van der Waals surface area (Å²) in [5.41, 5.74) is -0.621. The van der Waals surface area contributed by atoms with Gasteiger partial charge in [0.15, 0.2) is 26.2 Å². The third-order valence-corrected chi connectivity index (χ3v) is 8.68. The van der Waals surface area contributed by atoms with Crippen LogP contribution in [-0.2, 0) is 10.9 Å². The Morgan fingerprint density at radius 3 is 1.79 bits per heavy atom. The van der Waals surface area contributed by atoms with Crippen LogP contribution >= 0.6 is 0 Å². The van der Waals surface area contributed by atoms with Gasteiger partial charge >= 0.3 is 12.7 Å². The van der Waals surface area contributed by atoms with Gasteiger partial charge in [0.05, 0.1) is 10.9 Å². The fourth-order valence-corrected chi connectivity index (χ4v) is 6.72. The normalized spacial score (nSPS) is 16.3. The Hall–Kier alpha value is -3.01. The molecule has 3 nitrogen and oxygen atoms in total. The first-order valence-corrected chi connectivity index (χ1v) is 13.3. The molecule has 38 heavy (non-hydrogen) atoms. The molecule has 0 saturated heterocycles. The highest BCUT2D eigenvalue weighted by Gasteiger charge is 2.42. The standard InChI is InChI=1S/C28H27F6O3S/c1-19(2)26(16-6-7-17-26)36-25-18-23(14-15-24(25)37-28(32,33)34)38(21-8-4-3-5-9-21)22-12-10-20(11-13-22)35-27(29,30)31/h3-5,8-15,18-19H,6-7,16-17H2,1-2H3/q+1. The molecule has 1 aliphatic carbocycles. The average molecular weight is 558 g/mol. The van der Waals surface area contributed by atoms with Crippen molar-refractivity contribution in [2.45, 2.75) is 72.5 Å². The smallest absolute Gasteiger partial charge is 0.483 e. The summed E-state index contributed by atoms with van der Waals surface area (Å²) < 4.78 is 92.5. The van der Waals surface area contributed by atoms with Crippen molar-refractivity contribution < 1.29 is 40.6 Å². The van der Waals surface area contributed by atoms with Crippen molar-refractivity contribution in [3.05, 3.63) is 72.8 Å². The Morgan fingerprint density at radius 1 is 0.684 bits per heavy atom. The van der Waals surface area contributed by atoms with E-state index in [2.05, 4.69) is 9.47 Å². The van der Waals surface area contributed by atoms with Crippen LogP contribution in [0.1, 0.15) is 39.5 Å². The minimum absolute atomic E-state index is 0.0131. The van der Waals surface area contributed by atoms with Gasteiger partial charge in [0, 0.05) is 6.07 Å². The molecule has 1 aliphatic rings. The maximum absolute atomic E-state index is 13.3. The van der Waals surface area contributed by atoms with Crippen LogP contribution < -0.4 is 14.2 Å². The number of benzene rings is 3. The molecule has 0 aromatic heterocycles. The van der Waals surface area contributed by atoms with Crippen LogP contribution in [0.3, 0.4) is 0 Å². The highest BCUT2D eigenvalue weighted by atomic mass is 32.2. The van der Waals surface area contributed by atoms with E-state index in [-0.39, 0.29) is 17.4 Å². The number of rotatable bonds is 8. The molecule has 0 N–H and O–H groups in total. The molecule has 0 spiro atoms. The molecule has 1 fully saturated rings. The Morgan fingerprint density at radius 2 is 1.24 bits per heavy atom. The van der Waals surface area contributed by atoms with E-state index in [0.29, 0.717) is 22.6 Å². The number of ether oxygens (including phenoxy) is 3. The van der Waals surface area contributed by atoms with E-state index in [1.807, 2.05) is 44.2 Å². The minimum Gasteiger partial charge on any atom is -0.483 e. The molecule has 1 atom stereocenters. The zero-order chi connectivity index (χ0) is 27.6. The van der Waals surface area contributed by atoms with E-state index in [1.165, 1.54) is 36.4 Å². The largest absolute Gasteiger partial charge is 0.573 e. The molecule has 3 aromatic rings. The van der Waals surface area contributed by atoms with Crippen LogP contribution in [0.4, 0.5) is 26.3 Å². The SMILES string of the molecule is CC(C)C1(Oc2cc([S+](c3ccccc3)c3ccc(OC(F)(F)F)cc3)ccc2OC(F)(F)F)CCCC1. The molecule has 1 unspecified atom stereocenters. The summed E-state index contributed by atoms with van der Waals surface area (Å²) in [6.45, 7) is 3.97. The highest BCUT2D eigenvalue weighted by molar-refractivity contribution is 7.97. The first-order chi connectivity index (χ1) is 17.9. The van der Waals surface area contributed by atoms with Gasteiger partial charge in [-0.3, -0.25) is 0 Å². The average Bonchev–Trinajstić information content (AvgIpc) is 3.31. The Balaban J connectivity index is 1.79. The van der Waals surface area contributed by atoms with Gasteiger partial charge in [-0.25, -0.2) is 0 Å². The van der Waals surface area contributed by atoms with E-state index in [0.717, 1.165) is 17.7 Å². The fourth-order valence-electron chi connectivity index (χ4n) is 4.64. The Bertz CT molecular complexity index is 1200. The van der Waals surface area contributed by atoms with Crippen molar-refractivity contribution in [3.63, 3.8) is 0 Å². The number of halogens is 6. The maximum Gasteiger partial charge on any atom is 0.573 e. The second-order valence-electron chi connectivity index (χ2n) is 9.32. The van der Waals surface area contributed by atoms with Crippen molar-refractivity contribution in [2.24, 2.45) is 5.92 Å². The monoisotopic (exact) mass is 557 g/mol. The molecule has 0 aliphatic heterocycles. The third-order valence-electron chi connectivity index (χ3n) is 6.46. The molecule has 0 bridgehead atoms. The minimum atomic E-state index is -4.91. The summed E-state index contributed by atoms with van der Waals surface area (Å²) in [4.78, 5) is 2.11. The van der Waals surface area contributed by atoms with Gasteiger partial charge in [-0.15, -0.1) is 26.3 Å². The van der Waals surface area contributed by atoms with Gasteiger partial charge in [-0.05, 0) is 80.1 Å². The van der Waals surface area contributed by atoms with Crippen LogP contribution in [0.25, 0.3) is 0 Å². The predicted molar refractivity (Wildman–Crippen MR) is 132 cm³/mol. The second-order valence-corrected chi connectivity index (χ2v) is 11.4. The first kappa shape index (κ1) is 28.0. The summed E-state index contributed by atoms with van der Waals surface area (Å²) in [6, 6.07) is 19.0. The molecule has 0 amide bonds. The van der Waals surface area contributed by atoms with Crippen LogP contribution in [0.2, 0.25) is 0 Å². The number of hydrogen-bond acceptors (Lipinski definition) is 3. The second kappa shape index (κ2) is 11.0. The molecule has 204 valence electrons. The Labute approximate surface area is 220 Å². The van der Waals surface area contributed by atoms with Crippen LogP contribution in [0, 0.1) is 5.92 Å². The van der Waals surface area contributed by atoms with Gasteiger partial charge in [-0.1, -0.05) is 32.0 Å². The summed E-state index contributed by atoms with van der Waals surface area (Å²) in [5.74, 6) is -0.753. The molecule has 0 radical (unpaired) electrons. The lowest BCUT2D eigenvalue weighted by Gasteiger charge is -2.35. The zero-order valence-corrected chi connectivity index (χ0v) is 21.6. The van der Waals surface area contributed by atoms with Crippen LogP contribution in [0.15, 0.2) is 87.5 Å². The third kappa shape index (κ3) is 6.89. The summed E-state index contributed by atoms with van der Waals surface area (Å²) in [7, 11) is -0.869. The lowest BCUT2D eigenvalue weighted by Crippen LogP contribution is -2.38. The van der Waals surface area contributed by atoms with Gasteiger partial charge in [0.1, 0.15) is 11.4 Å². The molecule has 0 heterocycles. The molecule has 3 aromatic carbocycles. The van der Waals surface area contributed by atoms with Gasteiger partial charge in [0.2, 0.25) is 0 Å².